The maximum Gasteiger partial charge on any atom is 0.263 e. The van der Waals surface area contributed by atoms with Gasteiger partial charge in [-0.1, -0.05) is 48.2 Å². The lowest BCUT2D eigenvalue weighted by atomic mass is 10.2. The van der Waals surface area contributed by atoms with E-state index in [4.69, 9.17) is 0 Å². The summed E-state index contributed by atoms with van der Waals surface area (Å²) in [5.74, 6) is 0.349. The van der Waals surface area contributed by atoms with E-state index in [1.54, 1.807) is 22.7 Å². The number of nitrogens with zero attached hydrogens (tertiary/aromatic N) is 5. The van der Waals surface area contributed by atoms with Crippen LogP contribution in [-0.2, 0) is 11.3 Å². The zero-order valence-electron chi connectivity index (χ0n) is 16.9. The molecular weight excluding hydrogens is 424 g/mol. The molecule has 2 aromatic carbocycles. The van der Waals surface area contributed by atoms with Gasteiger partial charge in [0.2, 0.25) is 11.7 Å². The van der Waals surface area contributed by atoms with Gasteiger partial charge in [-0.2, -0.15) is 0 Å². The number of carbonyl (C=O) groups excluding carboxylic acids is 1. The highest BCUT2D eigenvalue weighted by Gasteiger charge is 2.17. The molecular formula is C23H18N6O2S. The molecule has 0 aliphatic carbocycles. The van der Waals surface area contributed by atoms with E-state index in [9.17, 15) is 9.59 Å². The Morgan fingerprint density at radius 2 is 1.94 bits per heavy atom. The van der Waals surface area contributed by atoms with Crippen molar-refractivity contribution in [3.05, 3.63) is 83.8 Å². The number of carbonyl (C=O) groups is 1. The number of amides is 1. The monoisotopic (exact) mass is 442 g/mol. The lowest BCUT2D eigenvalue weighted by molar-refractivity contribution is -0.113. The van der Waals surface area contributed by atoms with Crippen LogP contribution in [0.1, 0.15) is 0 Å². The number of pyridine rings is 1. The summed E-state index contributed by atoms with van der Waals surface area (Å²) in [7, 11) is 0. The highest BCUT2D eigenvalue weighted by molar-refractivity contribution is 7.99. The molecule has 1 N–H and O–H groups in total. The number of aromatic nitrogens is 5. The number of para-hydroxylation sites is 2. The summed E-state index contributed by atoms with van der Waals surface area (Å²) in [6.07, 6.45) is 3.34. The summed E-state index contributed by atoms with van der Waals surface area (Å²) in [4.78, 5) is 29.9. The molecule has 9 heteroatoms. The number of hydrogen-bond acceptors (Lipinski definition) is 6. The zero-order chi connectivity index (χ0) is 22.1. The highest BCUT2D eigenvalue weighted by Crippen LogP contribution is 2.23. The summed E-state index contributed by atoms with van der Waals surface area (Å²) in [5, 5.41) is 13.4. The van der Waals surface area contributed by atoms with E-state index in [1.807, 2.05) is 48.5 Å². The van der Waals surface area contributed by atoms with Crippen molar-refractivity contribution in [2.24, 2.45) is 0 Å². The average Bonchev–Trinajstić information content (AvgIpc) is 3.25. The predicted octanol–water partition coefficient (Wildman–Crippen LogP) is 3.51. The molecule has 0 spiro atoms. The first-order valence-corrected chi connectivity index (χ1v) is 10.9. The molecule has 0 radical (unpaired) electrons. The topological polar surface area (TPSA) is 94.2 Å². The Morgan fingerprint density at radius 1 is 1.09 bits per heavy atom. The lowest BCUT2D eigenvalue weighted by Gasteiger charge is -2.10. The third kappa shape index (κ3) is 3.42. The molecule has 1 amide bonds. The number of fused-ring (bicyclic) bond motifs is 4. The Labute approximate surface area is 186 Å². The van der Waals surface area contributed by atoms with Gasteiger partial charge in [0.05, 0.1) is 27.9 Å². The SMILES string of the molecule is C=CCn1c(=O)c2ccccc2n2c(SCC(=O)Nc3cccc4cccnc34)nnc12. The Kier molecular flexibility index (Phi) is 5.16. The summed E-state index contributed by atoms with van der Waals surface area (Å²) in [5.41, 5.74) is 1.93. The maximum absolute atomic E-state index is 12.9. The fourth-order valence-corrected chi connectivity index (χ4v) is 4.38. The first-order chi connectivity index (χ1) is 15.7. The summed E-state index contributed by atoms with van der Waals surface area (Å²) in [6, 6.07) is 16.7. The molecule has 0 fully saturated rings. The standard InChI is InChI=1S/C23H18N6O2S/c1-2-13-28-21(31)16-9-3-4-11-18(16)29-22(28)26-27-23(29)32-14-19(30)25-17-10-5-7-15-8-6-12-24-20(15)17/h2-12H,1,13-14H2,(H,25,30). The summed E-state index contributed by atoms with van der Waals surface area (Å²) in [6.45, 7) is 4.04. The van der Waals surface area contributed by atoms with E-state index in [0.29, 0.717) is 34.1 Å². The normalized spacial score (nSPS) is 11.2. The van der Waals surface area contributed by atoms with Crippen LogP contribution < -0.4 is 10.9 Å². The fraction of sp³-hybridized carbons (Fsp3) is 0.0870. The van der Waals surface area contributed by atoms with Crippen molar-refractivity contribution >= 4 is 50.9 Å². The Balaban J connectivity index is 1.46. The third-order valence-corrected chi connectivity index (χ3v) is 5.96. The zero-order valence-corrected chi connectivity index (χ0v) is 17.7. The Hall–Kier alpha value is -3.98. The van der Waals surface area contributed by atoms with Gasteiger partial charge in [-0.25, -0.2) is 0 Å². The van der Waals surface area contributed by atoms with Gasteiger partial charge in [0.1, 0.15) is 0 Å². The molecule has 3 aromatic heterocycles. The Bertz CT molecular complexity index is 1550. The smallest absolute Gasteiger partial charge is 0.263 e. The van der Waals surface area contributed by atoms with Gasteiger partial charge in [-0.15, -0.1) is 16.8 Å². The number of nitrogens with one attached hydrogen (secondary N) is 1. The molecule has 0 aliphatic rings. The van der Waals surface area contributed by atoms with Gasteiger partial charge < -0.3 is 5.32 Å². The maximum atomic E-state index is 12.9. The van der Waals surface area contributed by atoms with Crippen molar-refractivity contribution in [2.45, 2.75) is 11.7 Å². The number of anilines is 1. The number of rotatable bonds is 6. The highest BCUT2D eigenvalue weighted by atomic mass is 32.2. The molecule has 0 saturated carbocycles. The second kappa shape index (κ2) is 8.27. The Morgan fingerprint density at radius 3 is 2.81 bits per heavy atom. The largest absolute Gasteiger partial charge is 0.323 e. The van der Waals surface area contributed by atoms with Crippen LogP contribution in [0.3, 0.4) is 0 Å². The van der Waals surface area contributed by atoms with Gasteiger partial charge in [-0.3, -0.25) is 23.5 Å². The van der Waals surface area contributed by atoms with Crippen LogP contribution in [0.2, 0.25) is 0 Å². The van der Waals surface area contributed by atoms with Crippen molar-refractivity contribution in [1.29, 1.82) is 0 Å². The molecule has 5 aromatic rings. The average molecular weight is 443 g/mol. The molecule has 0 unspecified atom stereocenters. The van der Waals surface area contributed by atoms with Gasteiger partial charge >= 0.3 is 0 Å². The molecule has 32 heavy (non-hydrogen) atoms. The van der Waals surface area contributed by atoms with Crippen molar-refractivity contribution in [1.82, 2.24) is 24.1 Å². The third-order valence-electron chi connectivity index (χ3n) is 5.03. The minimum Gasteiger partial charge on any atom is -0.323 e. The van der Waals surface area contributed by atoms with Gasteiger partial charge in [-0.05, 0) is 24.3 Å². The van der Waals surface area contributed by atoms with Crippen LogP contribution in [0.15, 0.2) is 83.4 Å². The van der Waals surface area contributed by atoms with Crippen molar-refractivity contribution in [2.75, 3.05) is 11.1 Å². The molecule has 5 rings (SSSR count). The predicted molar refractivity (Wildman–Crippen MR) is 126 cm³/mol. The van der Waals surface area contributed by atoms with Crippen molar-refractivity contribution in [3.63, 3.8) is 0 Å². The second-order valence-corrected chi connectivity index (χ2v) is 8.00. The van der Waals surface area contributed by atoms with Gasteiger partial charge in [0, 0.05) is 18.1 Å². The minimum absolute atomic E-state index is 0.124. The molecule has 0 bridgehead atoms. The van der Waals surface area contributed by atoms with Crippen molar-refractivity contribution < 1.29 is 4.79 Å². The number of benzene rings is 2. The minimum atomic E-state index is -0.186. The quantitative estimate of drug-likeness (QED) is 0.319. The fourth-order valence-electron chi connectivity index (χ4n) is 3.64. The number of thioether (sulfide) groups is 1. The first kappa shape index (κ1) is 20.0. The lowest BCUT2D eigenvalue weighted by Crippen LogP contribution is -2.22. The van der Waals surface area contributed by atoms with E-state index in [2.05, 4.69) is 27.1 Å². The van der Waals surface area contributed by atoms with Crippen LogP contribution in [0.4, 0.5) is 5.69 Å². The molecule has 0 atom stereocenters. The van der Waals surface area contributed by atoms with E-state index in [-0.39, 0.29) is 17.2 Å². The molecule has 158 valence electrons. The molecule has 3 heterocycles. The summed E-state index contributed by atoms with van der Waals surface area (Å²) >= 11 is 1.25. The van der Waals surface area contributed by atoms with E-state index in [1.165, 1.54) is 16.3 Å². The van der Waals surface area contributed by atoms with Crippen LogP contribution in [0, 0.1) is 0 Å². The van der Waals surface area contributed by atoms with E-state index >= 15 is 0 Å². The van der Waals surface area contributed by atoms with Crippen LogP contribution >= 0.6 is 11.8 Å². The molecule has 8 nitrogen and oxygen atoms in total. The van der Waals surface area contributed by atoms with Gasteiger partial charge in [0.15, 0.2) is 5.16 Å². The second-order valence-electron chi connectivity index (χ2n) is 7.06. The van der Waals surface area contributed by atoms with Gasteiger partial charge in [0.25, 0.3) is 5.56 Å². The summed E-state index contributed by atoms with van der Waals surface area (Å²) < 4.78 is 3.33. The van der Waals surface area contributed by atoms with Crippen LogP contribution in [0.5, 0.6) is 0 Å². The first-order valence-electron chi connectivity index (χ1n) is 9.91. The number of hydrogen-bond donors (Lipinski definition) is 1. The van der Waals surface area contributed by atoms with Crippen molar-refractivity contribution in [3.8, 4) is 0 Å². The number of allylic oxidation sites excluding steroid dienone is 1. The van der Waals surface area contributed by atoms with Crippen LogP contribution in [0.25, 0.3) is 27.6 Å². The van der Waals surface area contributed by atoms with E-state index < -0.39 is 0 Å². The van der Waals surface area contributed by atoms with E-state index in [0.717, 1.165) is 10.9 Å². The molecule has 0 saturated heterocycles. The van der Waals surface area contributed by atoms with Crippen LogP contribution in [-0.4, -0.2) is 35.8 Å². The molecule has 0 aliphatic heterocycles.